The third-order valence-corrected chi connectivity index (χ3v) is 2.90. The summed E-state index contributed by atoms with van der Waals surface area (Å²) < 4.78 is 4.93. The first-order valence-electron chi connectivity index (χ1n) is 6.50. The third-order valence-electron chi connectivity index (χ3n) is 2.90. The summed E-state index contributed by atoms with van der Waals surface area (Å²) in [5, 5.41) is 0. The molecule has 0 atom stereocenters. The Bertz CT molecular complexity index is 599. The molecule has 0 aliphatic carbocycles. The van der Waals surface area contributed by atoms with Crippen molar-refractivity contribution in [3.8, 4) is 0 Å². The predicted molar refractivity (Wildman–Crippen MR) is 75.3 cm³/mol. The first kappa shape index (κ1) is 14.8. The molecule has 1 aliphatic heterocycles. The largest absolute Gasteiger partial charge is 0.461 e. The van der Waals surface area contributed by atoms with Crippen LogP contribution < -0.4 is 0 Å². The number of esters is 1. The Morgan fingerprint density at radius 3 is 2.14 bits per heavy atom. The van der Waals surface area contributed by atoms with E-state index in [0.717, 1.165) is 4.90 Å². The Hall–Kier alpha value is -2.63. The van der Waals surface area contributed by atoms with Crippen molar-refractivity contribution >= 4 is 17.8 Å². The molecule has 0 spiro atoms. The molecular formula is C15H16N2O4. The minimum absolute atomic E-state index is 0.0898. The van der Waals surface area contributed by atoms with Crippen molar-refractivity contribution in [3.05, 3.63) is 47.3 Å². The highest BCUT2D eigenvalue weighted by Crippen LogP contribution is 2.26. The van der Waals surface area contributed by atoms with Crippen LogP contribution >= 0.6 is 0 Å². The molecule has 21 heavy (non-hydrogen) atoms. The Morgan fingerprint density at radius 1 is 1.19 bits per heavy atom. The van der Waals surface area contributed by atoms with Crippen molar-refractivity contribution in [2.45, 2.75) is 6.92 Å². The first-order chi connectivity index (χ1) is 9.97. The number of fused-ring (bicyclic) bond motifs is 1. The summed E-state index contributed by atoms with van der Waals surface area (Å²) in [5.74, 6) is -1.74. The molecule has 0 aromatic heterocycles. The van der Waals surface area contributed by atoms with Crippen LogP contribution in [0.15, 0.2) is 36.2 Å². The second kappa shape index (κ2) is 5.78. The summed E-state index contributed by atoms with van der Waals surface area (Å²) in [4.78, 5) is 39.2. The molecule has 110 valence electrons. The smallest absolute Gasteiger partial charge is 0.357 e. The lowest BCUT2D eigenvalue weighted by atomic mass is 10.1. The molecular weight excluding hydrogens is 272 g/mol. The Kier molecular flexibility index (Phi) is 4.07. The van der Waals surface area contributed by atoms with Gasteiger partial charge >= 0.3 is 5.97 Å². The molecule has 6 nitrogen and oxygen atoms in total. The number of imide groups is 1. The summed E-state index contributed by atoms with van der Waals surface area (Å²) in [5.41, 5.74) is 0.487. The van der Waals surface area contributed by atoms with Crippen LogP contribution in [0.2, 0.25) is 0 Å². The van der Waals surface area contributed by atoms with Crippen molar-refractivity contribution in [1.29, 1.82) is 0 Å². The molecule has 0 saturated heterocycles. The molecule has 0 unspecified atom stereocenters. The lowest BCUT2D eigenvalue weighted by Gasteiger charge is -2.18. The second-order valence-corrected chi connectivity index (χ2v) is 4.69. The van der Waals surface area contributed by atoms with E-state index in [1.165, 1.54) is 6.20 Å². The number of benzene rings is 1. The van der Waals surface area contributed by atoms with E-state index in [1.54, 1.807) is 50.2 Å². The van der Waals surface area contributed by atoms with Crippen molar-refractivity contribution < 1.29 is 19.1 Å². The van der Waals surface area contributed by atoms with Crippen LogP contribution in [-0.4, -0.2) is 48.3 Å². The summed E-state index contributed by atoms with van der Waals surface area (Å²) in [6.45, 7) is 1.82. The Balaban J connectivity index is 2.46. The normalized spacial score (nSPS) is 14.2. The van der Waals surface area contributed by atoms with Gasteiger partial charge in [0.05, 0.1) is 17.7 Å². The molecule has 1 aromatic carbocycles. The maximum Gasteiger partial charge on any atom is 0.357 e. The Labute approximate surface area is 122 Å². The van der Waals surface area contributed by atoms with E-state index in [2.05, 4.69) is 0 Å². The van der Waals surface area contributed by atoms with E-state index in [0.29, 0.717) is 0 Å². The zero-order valence-corrected chi connectivity index (χ0v) is 12.1. The number of carbonyl (C=O) groups is 3. The predicted octanol–water partition coefficient (Wildman–Crippen LogP) is 1.25. The van der Waals surface area contributed by atoms with Gasteiger partial charge in [0.1, 0.15) is 0 Å². The molecule has 2 rings (SSSR count). The molecule has 0 bridgehead atoms. The minimum atomic E-state index is -0.708. The number of nitrogens with zero attached hydrogens (tertiary/aromatic N) is 2. The van der Waals surface area contributed by atoms with Gasteiger partial charge in [0.15, 0.2) is 5.70 Å². The average Bonchev–Trinajstić information content (AvgIpc) is 2.69. The third kappa shape index (κ3) is 2.65. The van der Waals surface area contributed by atoms with E-state index in [1.807, 2.05) is 0 Å². The molecule has 0 saturated carbocycles. The highest BCUT2D eigenvalue weighted by molar-refractivity contribution is 6.24. The fraction of sp³-hybridized carbons (Fsp3) is 0.267. The van der Waals surface area contributed by atoms with Gasteiger partial charge in [0.2, 0.25) is 0 Å². The number of hydrogen-bond donors (Lipinski definition) is 0. The van der Waals surface area contributed by atoms with Gasteiger partial charge in [-0.05, 0) is 19.1 Å². The highest BCUT2D eigenvalue weighted by Gasteiger charge is 2.40. The van der Waals surface area contributed by atoms with Crippen LogP contribution in [0.1, 0.15) is 27.6 Å². The topological polar surface area (TPSA) is 66.9 Å². The molecule has 1 aromatic rings. The van der Waals surface area contributed by atoms with Gasteiger partial charge in [0, 0.05) is 20.3 Å². The molecule has 6 heteroatoms. The van der Waals surface area contributed by atoms with Crippen molar-refractivity contribution in [3.63, 3.8) is 0 Å². The van der Waals surface area contributed by atoms with Crippen LogP contribution in [0.25, 0.3) is 0 Å². The van der Waals surface area contributed by atoms with Gasteiger partial charge < -0.3 is 9.64 Å². The van der Waals surface area contributed by atoms with E-state index >= 15 is 0 Å². The lowest BCUT2D eigenvalue weighted by Crippen LogP contribution is -2.34. The molecule has 1 aliphatic rings. The zero-order chi connectivity index (χ0) is 15.6. The van der Waals surface area contributed by atoms with Crippen LogP contribution in [0.3, 0.4) is 0 Å². The fourth-order valence-electron chi connectivity index (χ4n) is 2.06. The number of amides is 2. The quantitative estimate of drug-likeness (QED) is 0.474. The molecule has 2 amide bonds. The Morgan fingerprint density at radius 2 is 1.71 bits per heavy atom. The zero-order valence-electron chi connectivity index (χ0n) is 12.1. The van der Waals surface area contributed by atoms with E-state index < -0.39 is 17.8 Å². The minimum Gasteiger partial charge on any atom is -0.461 e. The fourth-order valence-corrected chi connectivity index (χ4v) is 2.06. The van der Waals surface area contributed by atoms with Gasteiger partial charge in [-0.15, -0.1) is 0 Å². The van der Waals surface area contributed by atoms with Crippen molar-refractivity contribution in [1.82, 2.24) is 9.80 Å². The van der Waals surface area contributed by atoms with Crippen LogP contribution in [0, 0.1) is 0 Å². The average molecular weight is 288 g/mol. The van der Waals surface area contributed by atoms with Crippen molar-refractivity contribution in [2.24, 2.45) is 0 Å². The van der Waals surface area contributed by atoms with Gasteiger partial charge in [-0.2, -0.15) is 0 Å². The maximum atomic E-state index is 12.4. The van der Waals surface area contributed by atoms with Gasteiger partial charge in [-0.25, -0.2) is 9.69 Å². The van der Waals surface area contributed by atoms with Gasteiger partial charge in [0.25, 0.3) is 11.8 Å². The number of ether oxygens (including phenoxy) is 1. The number of hydrogen-bond acceptors (Lipinski definition) is 5. The van der Waals surface area contributed by atoms with E-state index in [-0.39, 0.29) is 23.4 Å². The van der Waals surface area contributed by atoms with Crippen LogP contribution in [0.5, 0.6) is 0 Å². The van der Waals surface area contributed by atoms with E-state index in [9.17, 15) is 14.4 Å². The van der Waals surface area contributed by atoms with Crippen LogP contribution in [0.4, 0.5) is 0 Å². The first-order valence-corrected chi connectivity index (χ1v) is 6.50. The van der Waals surface area contributed by atoms with Crippen LogP contribution in [-0.2, 0) is 9.53 Å². The monoisotopic (exact) mass is 288 g/mol. The maximum absolute atomic E-state index is 12.4. The van der Waals surface area contributed by atoms with Gasteiger partial charge in [-0.1, -0.05) is 12.1 Å². The lowest BCUT2D eigenvalue weighted by molar-refractivity contribution is -0.139. The van der Waals surface area contributed by atoms with Crippen molar-refractivity contribution in [2.75, 3.05) is 20.7 Å². The number of carbonyl (C=O) groups excluding carboxylic acids is 3. The molecule has 0 radical (unpaired) electrons. The number of rotatable bonds is 4. The summed E-state index contributed by atoms with van der Waals surface area (Å²) in [7, 11) is 3.38. The highest BCUT2D eigenvalue weighted by atomic mass is 16.5. The molecule has 1 heterocycles. The van der Waals surface area contributed by atoms with Gasteiger partial charge in [-0.3, -0.25) is 9.59 Å². The summed E-state index contributed by atoms with van der Waals surface area (Å²) in [6.07, 6.45) is 1.40. The summed E-state index contributed by atoms with van der Waals surface area (Å²) >= 11 is 0. The SMILES string of the molecule is CCOC(=O)/C(=C/N(C)C)N1C(=O)c2ccccc2C1=O. The standard InChI is InChI=1S/C15H16N2O4/c1-4-21-15(20)12(9-16(2)3)17-13(18)10-7-5-6-8-11(10)14(17)19/h5-9H,4H2,1-3H3/b12-9-. The molecule has 0 fully saturated rings. The molecule has 0 N–H and O–H groups in total. The second-order valence-electron chi connectivity index (χ2n) is 4.69. The van der Waals surface area contributed by atoms with E-state index in [4.69, 9.17) is 4.74 Å². The summed E-state index contributed by atoms with van der Waals surface area (Å²) in [6, 6.07) is 6.47.